The Morgan fingerprint density at radius 3 is 2.70 bits per heavy atom. The molecule has 0 fully saturated rings. The predicted molar refractivity (Wildman–Crippen MR) is 80.9 cm³/mol. The second-order valence-electron chi connectivity index (χ2n) is 4.66. The standard InChI is InChI=1S/C16H16N4/c1-5-14-7-12(15(9-19-14)10(2)3)6-13-8-18-11(4)20-16(13)17/h1,7-9H,2,6H2,3-4H3,(H2,17,18,20). The van der Waals surface area contributed by atoms with E-state index in [4.69, 9.17) is 12.2 Å². The van der Waals surface area contributed by atoms with Gasteiger partial charge in [-0.1, -0.05) is 12.5 Å². The molecule has 4 heteroatoms. The van der Waals surface area contributed by atoms with Crippen molar-refractivity contribution in [3.63, 3.8) is 0 Å². The molecule has 0 saturated heterocycles. The van der Waals surface area contributed by atoms with E-state index in [1.165, 1.54) is 0 Å². The number of anilines is 1. The SMILES string of the molecule is C#Cc1cc(Cc2cnc(C)nc2N)c(C(=C)C)cn1. The molecule has 4 nitrogen and oxygen atoms in total. The van der Waals surface area contributed by atoms with Gasteiger partial charge in [-0.05, 0) is 36.6 Å². The summed E-state index contributed by atoms with van der Waals surface area (Å²) >= 11 is 0. The average Bonchev–Trinajstić information content (AvgIpc) is 2.41. The van der Waals surface area contributed by atoms with Crippen molar-refractivity contribution in [3.05, 3.63) is 53.2 Å². The van der Waals surface area contributed by atoms with E-state index in [1.54, 1.807) is 12.4 Å². The number of aromatic nitrogens is 3. The number of pyridine rings is 1. The van der Waals surface area contributed by atoms with E-state index in [9.17, 15) is 0 Å². The lowest BCUT2D eigenvalue weighted by Gasteiger charge is -2.11. The molecule has 0 aliphatic rings. The van der Waals surface area contributed by atoms with Crippen LogP contribution in [0.1, 0.15) is 35.1 Å². The summed E-state index contributed by atoms with van der Waals surface area (Å²) in [6.07, 6.45) is 9.50. The van der Waals surface area contributed by atoms with E-state index in [0.29, 0.717) is 23.8 Å². The third-order valence-electron chi connectivity index (χ3n) is 3.00. The highest BCUT2D eigenvalue weighted by atomic mass is 14.9. The first-order valence-electron chi connectivity index (χ1n) is 6.20. The average molecular weight is 264 g/mol. The molecule has 2 aromatic rings. The van der Waals surface area contributed by atoms with E-state index in [0.717, 1.165) is 22.3 Å². The van der Waals surface area contributed by atoms with Gasteiger partial charge in [0.05, 0.1) is 0 Å². The van der Waals surface area contributed by atoms with Crippen molar-refractivity contribution in [2.45, 2.75) is 20.3 Å². The minimum absolute atomic E-state index is 0.490. The quantitative estimate of drug-likeness (QED) is 0.864. The molecule has 0 radical (unpaired) electrons. The number of aryl methyl sites for hydroxylation is 1. The Labute approximate surface area is 118 Å². The summed E-state index contributed by atoms with van der Waals surface area (Å²) < 4.78 is 0. The predicted octanol–water partition coefficient (Wildman–Crippen LogP) is 2.37. The number of hydrogen-bond acceptors (Lipinski definition) is 4. The van der Waals surface area contributed by atoms with Crippen molar-refractivity contribution < 1.29 is 0 Å². The van der Waals surface area contributed by atoms with Crippen LogP contribution in [0.4, 0.5) is 5.82 Å². The number of nitrogens with zero attached hydrogens (tertiary/aromatic N) is 3. The zero-order valence-corrected chi connectivity index (χ0v) is 11.6. The Kier molecular flexibility index (Phi) is 3.81. The number of terminal acetylenes is 1. The van der Waals surface area contributed by atoms with Gasteiger partial charge in [0.15, 0.2) is 0 Å². The van der Waals surface area contributed by atoms with Crippen molar-refractivity contribution >= 4 is 11.4 Å². The van der Waals surface area contributed by atoms with Gasteiger partial charge in [-0.2, -0.15) is 0 Å². The summed E-state index contributed by atoms with van der Waals surface area (Å²) in [5.41, 5.74) is 10.3. The van der Waals surface area contributed by atoms with Crippen molar-refractivity contribution in [1.29, 1.82) is 0 Å². The van der Waals surface area contributed by atoms with Gasteiger partial charge in [-0.25, -0.2) is 15.0 Å². The van der Waals surface area contributed by atoms with Crippen LogP contribution in [-0.2, 0) is 6.42 Å². The molecule has 0 saturated carbocycles. The molecule has 2 rings (SSSR count). The van der Waals surface area contributed by atoms with Gasteiger partial charge >= 0.3 is 0 Å². The van der Waals surface area contributed by atoms with Crippen LogP contribution in [0.3, 0.4) is 0 Å². The molecule has 2 aromatic heterocycles. The molecule has 2 heterocycles. The summed E-state index contributed by atoms with van der Waals surface area (Å²) in [6, 6.07) is 1.88. The Morgan fingerprint density at radius 2 is 2.10 bits per heavy atom. The topological polar surface area (TPSA) is 64.7 Å². The van der Waals surface area contributed by atoms with Gasteiger partial charge in [0.1, 0.15) is 17.3 Å². The van der Waals surface area contributed by atoms with Crippen molar-refractivity contribution in [1.82, 2.24) is 15.0 Å². The monoisotopic (exact) mass is 264 g/mol. The molecule has 0 unspecified atom stereocenters. The number of nitrogens with two attached hydrogens (primary N) is 1. The Bertz CT molecular complexity index is 711. The Morgan fingerprint density at radius 1 is 1.35 bits per heavy atom. The van der Waals surface area contributed by atoms with Crippen molar-refractivity contribution in [2.24, 2.45) is 0 Å². The van der Waals surface area contributed by atoms with Crippen LogP contribution in [0.2, 0.25) is 0 Å². The highest BCUT2D eigenvalue weighted by Gasteiger charge is 2.09. The number of nitrogen functional groups attached to an aromatic ring is 1. The normalized spacial score (nSPS) is 10.1. The van der Waals surface area contributed by atoms with Gasteiger partial charge in [0, 0.05) is 24.4 Å². The highest BCUT2D eigenvalue weighted by molar-refractivity contribution is 5.65. The first kappa shape index (κ1) is 13.8. The van der Waals surface area contributed by atoms with Crippen LogP contribution < -0.4 is 5.73 Å². The molecule has 0 bridgehead atoms. The molecular weight excluding hydrogens is 248 g/mol. The van der Waals surface area contributed by atoms with Gasteiger partial charge in [0.25, 0.3) is 0 Å². The Hall–Kier alpha value is -2.67. The van der Waals surface area contributed by atoms with Crippen LogP contribution in [0.25, 0.3) is 5.57 Å². The van der Waals surface area contributed by atoms with E-state index < -0.39 is 0 Å². The fraction of sp³-hybridized carbons (Fsp3) is 0.188. The first-order chi connectivity index (χ1) is 9.51. The molecule has 100 valence electrons. The first-order valence-corrected chi connectivity index (χ1v) is 6.20. The van der Waals surface area contributed by atoms with E-state index >= 15 is 0 Å². The highest BCUT2D eigenvalue weighted by Crippen LogP contribution is 2.22. The lowest BCUT2D eigenvalue weighted by atomic mass is 9.98. The smallest absolute Gasteiger partial charge is 0.130 e. The second-order valence-corrected chi connectivity index (χ2v) is 4.66. The third kappa shape index (κ3) is 2.83. The molecule has 0 aliphatic carbocycles. The maximum absolute atomic E-state index is 5.94. The molecular formula is C16H16N4. The minimum atomic E-state index is 0.490. The van der Waals surface area contributed by atoms with Crippen LogP contribution in [0.5, 0.6) is 0 Å². The van der Waals surface area contributed by atoms with E-state index in [1.807, 2.05) is 19.9 Å². The number of hydrogen-bond donors (Lipinski definition) is 1. The third-order valence-corrected chi connectivity index (χ3v) is 3.00. The zero-order chi connectivity index (χ0) is 14.7. The molecule has 0 amide bonds. The summed E-state index contributed by atoms with van der Waals surface area (Å²) in [7, 11) is 0. The van der Waals surface area contributed by atoms with Gasteiger partial charge in [-0.3, -0.25) is 0 Å². The van der Waals surface area contributed by atoms with Crippen LogP contribution in [-0.4, -0.2) is 15.0 Å². The Balaban J connectivity index is 2.46. The molecule has 2 N–H and O–H groups in total. The van der Waals surface area contributed by atoms with Crippen molar-refractivity contribution in [3.8, 4) is 12.3 Å². The fourth-order valence-electron chi connectivity index (χ4n) is 1.96. The van der Waals surface area contributed by atoms with E-state index in [2.05, 4.69) is 27.5 Å². The largest absolute Gasteiger partial charge is 0.383 e. The summed E-state index contributed by atoms with van der Waals surface area (Å²) in [5, 5.41) is 0. The lowest BCUT2D eigenvalue weighted by Crippen LogP contribution is -2.04. The van der Waals surface area contributed by atoms with Gasteiger partial charge < -0.3 is 5.73 Å². The number of allylic oxidation sites excluding steroid dienone is 1. The molecule has 0 aliphatic heterocycles. The van der Waals surface area contributed by atoms with Crippen LogP contribution in [0.15, 0.2) is 25.0 Å². The van der Waals surface area contributed by atoms with Crippen molar-refractivity contribution in [2.75, 3.05) is 5.73 Å². The number of rotatable bonds is 3. The fourth-order valence-corrected chi connectivity index (χ4v) is 1.96. The second kappa shape index (κ2) is 5.54. The van der Waals surface area contributed by atoms with E-state index in [-0.39, 0.29) is 0 Å². The minimum Gasteiger partial charge on any atom is -0.383 e. The van der Waals surface area contributed by atoms with Gasteiger partial charge in [-0.15, -0.1) is 6.42 Å². The molecule has 0 spiro atoms. The molecule has 0 aromatic carbocycles. The maximum atomic E-state index is 5.94. The van der Waals surface area contributed by atoms with Gasteiger partial charge in [0.2, 0.25) is 0 Å². The summed E-state index contributed by atoms with van der Waals surface area (Å²) in [5.74, 6) is 3.69. The van der Waals surface area contributed by atoms with Crippen LogP contribution in [0, 0.1) is 19.3 Å². The zero-order valence-electron chi connectivity index (χ0n) is 11.6. The lowest BCUT2D eigenvalue weighted by molar-refractivity contribution is 1.01. The summed E-state index contributed by atoms with van der Waals surface area (Å²) in [4.78, 5) is 12.6. The molecule has 20 heavy (non-hydrogen) atoms. The summed E-state index contributed by atoms with van der Waals surface area (Å²) in [6.45, 7) is 7.71. The maximum Gasteiger partial charge on any atom is 0.130 e. The van der Waals surface area contributed by atoms with Crippen LogP contribution >= 0.6 is 0 Å². The molecule has 0 atom stereocenters.